The molecule has 1 heterocycles. The topological polar surface area (TPSA) is 52.0 Å². The Kier molecular flexibility index (Phi) is 4.50. The van der Waals surface area contributed by atoms with Crippen LogP contribution in [-0.2, 0) is 6.54 Å². The minimum atomic E-state index is 0.650. The fourth-order valence-corrected chi connectivity index (χ4v) is 2.85. The molecule has 1 saturated carbocycles. The number of hydrogen-bond acceptors (Lipinski definition) is 4. The van der Waals surface area contributed by atoms with Crippen molar-refractivity contribution in [1.82, 2.24) is 20.3 Å². The Morgan fingerprint density at radius 3 is 3.05 bits per heavy atom. The molecular formula is C16H22N4O. The van der Waals surface area contributed by atoms with Crippen molar-refractivity contribution in [3.8, 4) is 5.75 Å². The van der Waals surface area contributed by atoms with Gasteiger partial charge in [-0.05, 0) is 49.4 Å². The number of ether oxygens (including phenoxy) is 1. The van der Waals surface area contributed by atoms with Crippen LogP contribution in [-0.4, -0.2) is 34.7 Å². The monoisotopic (exact) mass is 286 g/mol. The highest BCUT2D eigenvalue weighted by molar-refractivity contribution is 5.32. The summed E-state index contributed by atoms with van der Waals surface area (Å²) in [4.78, 5) is 0. The Balaban J connectivity index is 1.35. The molecule has 1 aromatic carbocycles. The highest BCUT2D eigenvalue weighted by atomic mass is 16.5. The van der Waals surface area contributed by atoms with E-state index in [1.54, 1.807) is 13.3 Å². The summed E-state index contributed by atoms with van der Waals surface area (Å²) in [6.45, 7) is 1.97. The number of rotatable bonds is 7. The zero-order chi connectivity index (χ0) is 14.5. The van der Waals surface area contributed by atoms with Gasteiger partial charge in [-0.1, -0.05) is 17.3 Å². The van der Waals surface area contributed by atoms with Crippen LogP contribution in [0.4, 0.5) is 0 Å². The lowest BCUT2D eigenvalue weighted by Gasteiger charge is -2.36. The number of nitrogens with zero attached hydrogens (tertiary/aromatic N) is 3. The van der Waals surface area contributed by atoms with Gasteiger partial charge in [-0.2, -0.15) is 0 Å². The molecule has 5 heteroatoms. The Morgan fingerprint density at radius 1 is 1.38 bits per heavy atom. The standard InChI is InChI=1S/C16H22N4O/c1-21-16-5-2-4-13(12-16)14-10-15(11-14)17-6-3-8-20-9-7-18-19-20/h2,4-5,7,9,12,14-15,17H,3,6,8,10-11H2,1H3. The molecule has 0 aliphatic heterocycles. The normalized spacial score (nSPS) is 21.0. The summed E-state index contributed by atoms with van der Waals surface area (Å²) in [5.41, 5.74) is 1.40. The third-order valence-electron chi connectivity index (χ3n) is 4.17. The van der Waals surface area contributed by atoms with E-state index in [4.69, 9.17) is 4.74 Å². The molecule has 2 aromatic rings. The lowest BCUT2D eigenvalue weighted by Crippen LogP contribution is -2.40. The number of methoxy groups -OCH3 is 1. The van der Waals surface area contributed by atoms with Crippen LogP contribution >= 0.6 is 0 Å². The Bertz CT molecular complexity index is 549. The molecule has 0 atom stereocenters. The van der Waals surface area contributed by atoms with Gasteiger partial charge in [0.15, 0.2) is 0 Å². The minimum absolute atomic E-state index is 0.650. The summed E-state index contributed by atoms with van der Waals surface area (Å²) in [5.74, 6) is 1.63. The van der Waals surface area contributed by atoms with E-state index in [0.29, 0.717) is 12.0 Å². The molecule has 0 radical (unpaired) electrons. The summed E-state index contributed by atoms with van der Waals surface area (Å²) < 4.78 is 7.16. The van der Waals surface area contributed by atoms with Gasteiger partial charge < -0.3 is 10.1 Å². The number of hydrogen-bond donors (Lipinski definition) is 1. The molecule has 1 N–H and O–H groups in total. The number of benzene rings is 1. The van der Waals surface area contributed by atoms with Crippen molar-refractivity contribution in [3.05, 3.63) is 42.2 Å². The van der Waals surface area contributed by atoms with Gasteiger partial charge in [0, 0.05) is 18.8 Å². The highest BCUT2D eigenvalue weighted by Crippen LogP contribution is 2.37. The maximum Gasteiger partial charge on any atom is 0.119 e. The smallest absolute Gasteiger partial charge is 0.119 e. The zero-order valence-electron chi connectivity index (χ0n) is 12.4. The molecule has 21 heavy (non-hydrogen) atoms. The van der Waals surface area contributed by atoms with E-state index in [2.05, 4.69) is 33.8 Å². The van der Waals surface area contributed by atoms with Crippen LogP contribution in [0.3, 0.4) is 0 Å². The second-order valence-corrected chi connectivity index (χ2v) is 5.62. The third-order valence-corrected chi connectivity index (χ3v) is 4.17. The van der Waals surface area contributed by atoms with E-state index in [9.17, 15) is 0 Å². The van der Waals surface area contributed by atoms with Crippen LogP contribution in [0.5, 0.6) is 5.75 Å². The Labute approximate surface area is 125 Å². The van der Waals surface area contributed by atoms with Crippen molar-refractivity contribution in [1.29, 1.82) is 0 Å². The molecule has 1 aliphatic carbocycles. The Hall–Kier alpha value is -1.88. The molecule has 1 aromatic heterocycles. The van der Waals surface area contributed by atoms with Crippen molar-refractivity contribution in [2.24, 2.45) is 0 Å². The van der Waals surface area contributed by atoms with Crippen LogP contribution in [0, 0.1) is 0 Å². The summed E-state index contributed by atoms with van der Waals surface area (Å²) >= 11 is 0. The van der Waals surface area contributed by atoms with Crippen LogP contribution in [0.15, 0.2) is 36.7 Å². The van der Waals surface area contributed by atoms with Crippen molar-refractivity contribution < 1.29 is 4.74 Å². The van der Waals surface area contributed by atoms with Crippen LogP contribution < -0.4 is 10.1 Å². The van der Waals surface area contributed by atoms with Crippen molar-refractivity contribution >= 4 is 0 Å². The first-order valence-electron chi connectivity index (χ1n) is 7.56. The van der Waals surface area contributed by atoms with E-state index in [1.807, 2.05) is 16.9 Å². The van der Waals surface area contributed by atoms with Gasteiger partial charge in [0.1, 0.15) is 5.75 Å². The van der Waals surface area contributed by atoms with Gasteiger partial charge >= 0.3 is 0 Å². The van der Waals surface area contributed by atoms with Gasteiger partial charge in [-0.25, -0.2) is 0 Å². The fourth-order valence-electron chi connectivity index (χ4n) is 2.85. The quantitative estimate of drug-likeness (QED) is 0.793. The molecule has 5 nitrogen and oxygen atoms in total. The van der Waals surface area contributed by atoms with Crippen molar-refractivity contribution in [2.45, 2.75) is 37.8 Å². The summed E-state index contributed by atoms with van der Waals surface area (Å²) in [6, 6.07) is 9.09. The molecule has 112 valence electrons. The zero-order valence-corrected chi connectivity index (χ0v) is 12.4. The van der Waals surface area contributed by atoms with Crippen LogP contribution in [0.1, 0.15) is 30.7 Å². The summed E-state index contributed by atoms with van der Waals surface area (Å²) in [5, 5.41) is 11.4. The van der Waals surface area contributed by atoms with E-state index < -0.39 is 0 Å². The minimum Gasteiger partial charge on any atom is -0.497 e. The molecule has 0 saturated heterocycles. The van der Waals surface area contributed by atoms with E-state index in [-0.39, 0.29) is 0 Å². The van der Waals surface area contributed by atoms with Crippen molar-refractivity contribution in [3.63, 3.8) is 0 Å². The lowest BCUT2D eigenvalue weighted by molar-refractivity contribution is 0.287. The number of aryl methyl sites for hydroxylation is 1. The predicted octanol–water partition coefficient (Wildman–Crippen LogP) is 2.21. The average Bonchev–Trinajstić information content (AvgIpc) is 2.98. The maximum atomic E-state index is 5.29. The number of nitrogens with one attached hydrogen (secondary N) is 1. The molecule has 1 fully saturated rings. The van der Waals surface area contributed by atoms with Crippen molar-refractivity contribution in [2.75, 3.05) is 13.7 Å². The first-order chi connectivity index (χ1) is 10.3. The first kappa shape index (κ1) is 14.1. The van der Waals surface area contributed by atoms with Gasteiger partial charge in [-0.3, -0.25) is 4.68 Å². The molecule has 0 bridgehead atoms. The maximum absolute atomic E-state index is 5.29. The van der Waals surface area contributed by atoms with Crippen LogP contribution in [0.2, 0.25) is 0 Å². The largest absolute Gasteiger partial charge is 0.497 e. The highest BCUT2D eigenvalue weighted by Gasteiger charge is 2.29. The van der Waals surface area contributed by atoms with Gasteiger partial charge in [0.05, 0.1) is 13.3 Å². The molecule has 1 aliphatic rings. The summed E-state index contributed by atoms with van der Waals surface area (Å²) in [7, 11) is 1.72. The molecule has 0 spiro atoms. The van der Waals surface area contributed by atoms with Crippen LogP contribution in [0.25, 0.3) is 0 Å². The third kappa shape index (κ3) is 3.61. The van der Waals surface area contributed by atoms with Gasteiger partial charge in [0.25, 0.3) is 0 Å². The second kappa shape index (κ2) is 6.72. The first-order valence-corrected chi connectivity index (χ1v) is 7.56. The SMILES string of the molecule is COc1cccc(C2CC(NCCCn3ccnn3)C2)c1. The Morgan fingerprint density at radius 2 is 2.29 bits per heavy atom. The molecule has 3 rings (SSSR count). The van der Waals surface area contributed by atoms with Gasteiger partial charge in [-0.15, -0.1) is 5.10 Å². The van der Waals surface area contributed by atoms with E-state index in [1.165, 1.54) is 18.4 Å². The second-order valence-electron chi connectivity index (χ2n) is 5.62. The number of aromatic nitrogens is 3. The summed E-state index contributed by atoms with van der Waals surface area (Å²) in [6.07, 6.45) is 7.15. The fraction of sp³-hybridized carbons (Fsp3) is 0.500. The van der Waals surface area contributed by atoms with E-state index in [0.717, 1.165) is 25.3 Å². The average molecular weight is 286 g/mol. The predicted molar refractivity (Wildman–Crippen MR) is 81.4 cm³/mol. The molecule has 0 amide bonds. The molecule has 0 unspecified atom stereocenters. The van der Waals surface area contributed by atoms with Gasteiger partial charge in [0.2, 0.25) is 0 Å². The molecular weight excluding hydrogens is 264 g/mol. The van der Waals surface area contributed by atoms with E-state index >= 15 is 0 Å². The lowest BCUT2D eigenvalue weighted by atomic mass is 9.76.